The molecule has 64 valence electrons. The minimum absolute atomic E-state index is 0.00577. The van der Waals surface area contributed by atoms with Crippen molar-refractivity contribution < 1.29 is 9.84 Å². The van der Waals surface area contributed by atoms with Gasteiger partial charge in [0.05, 0.1) is 12.9 Å². The number of rotatable bonds is 3. The van der Waals surface area contributed by atoms with Gasteiger partial charge in [-0.2, -0.15) is 0 Å². The van der Waals surface area contributed by atoms with Crippen molar-refractivity contribution in [2.45, 2.75) is 6.92 Å². The standard InChI is InChI=1S/C10H12O2/c1-9-4-2-5-10(8-9)12-7-3-6-11/h2-5,7-8,11H,6H2,1H3/b7-3+. The van der Waals surface area contributed by atoms with Crippen LogP contribution < -0.4 is 4.74 Å². The van der Waals surface area contributed by atoms with Crippen LogP contribution in [-0.2, 0) is 0 Å². The molecule has 0 heterocycles. The van der Waals surface area contributed by atoms with Crippen LogP contribution in [0.1, 0.15) is 5.56 Å². The van der Waals surface area contributed by atoms with E-state index in [0.29, 0.717) is 0 Å². The Balaban J connectivity index is 2.57. The summed E-state index contributed by atoms with van der Waals surface area (Å²) < 4.78 is 5.19. The second-order valence-electron chi connectivity index (χ2n) is 2.49. The van der Waals surface area contributed by atoms with Crippen LogP contribution in [-0.4, -0.2) is 11.7 Å². The normalized spacial score (nSPS) is 10.5. The number of aryl methyl sites for hydroxylation is 1. The Morgan fingerprint density at radius 3 is 3.00 bits per heavy atom. The lowest BCUT2D eigenvalue weighted by Gasteiger charge is -1.99. The molecule has 1 aromatic carbocycles. The lowest BCUT2D eigenvalue weighted by atomic mass is 10.2. The molecule has 0 spiro atoms. The molecule has 0 amide bonds. The Hall–Kier alpha value is -1.28. The van der Waals surface area contributed by atoms with Gasteiger partial charge in [0, 0.05) is 0 Å². The first-order valence-corrected chi connectivity index (χ1v) is 3.82. The van der Waals surface area contributed by atoms with Crippen molar-refractivity contribution in [3.63, 3.8) is 0 Å². The Bertz CT molecular complexity index is 266. The molecule has 0 unspecified atom stereocenters. The van der Waals surface area contributed by atoms with Gasteiger partial charge in [0.1, 0.15) is 5.75 Å². The fourth-order valence-corrected chi connectivity index (χ4v) is 0.858. The van der Waals surface area contributed by atoms with Crippen molar-refractivity contribution in [2.75, 3.05) is 6.61 Å². The predicted molar refractivity (Wildman–Crippen MR) is 48.0 cm³/mol. The molecule has 0 saturated carbocycles. The number of benzene rings is 1. The molecule has 1 rings (SSSR count). The Morgan fingerprint density at radius 1 is 1.50 bits per heavy atom. The average Bonchev–Trinajstić information content (AvgIpc) is 2.05. The summed E-state index contributed by atoms with van der Waals surface area (Å²) in [5.74, 6) is 0.791. The van der Waals surface area contributed by atoms with E-state index >= 15 is 0 Å². The maximum absolute atomic E-state index is 8.43. The third kappa shape index (κ3) is 2.76. The van der Waals surface area contributed by atoms with Gasteiger partial charge in [-0.15, -0.1) is 0 Å². The van der Waals surface area contributed by atoms with Crippen molar-refractivity contribution in [2.24, 2.45) is 0 Å². The Kier molecular flexibility index (Phi) is 3.35. The van der Waals surface area contributed by atoms with Crippen molar-refractivity contribution in [1.29, 1.82) is 0 Å². The second-order valence-corrected chi connectivity index (χ2v) is 2.49. The van der Waals surface area contributed by atoms with Crippen molar-refractivity contribution >= 4 is 0 Å². The number of aliphatic hydroxyl groups excluding tert-OH is 1. The number of hydrogen-bond acceptors (Lipinski definition) is 2. The van der Waals surface area contributed by atoms with Gasteiger partial charge >= 0.3 is 0 Å². The van der Waals surface area contributed by atoms with E-state index in [1.165, 1.54) is 6.26 Å². The summed E-state index contributed by atoms with van der Waals surface area (Å²) in [6.07, 6.45) is 3.02. The smallest absolute Gasteiger partial charge is 0.126 e. The highest BCUT2D eigenvalue weighted by Crippen LogP contribution is 2.12. The molecule has 0 bridgehead atoms. The molecule has 1 aromatic rings. The van der Waals surface area contributed by atoms with Crippen LogP contribution in [0.5, 0.6) is 5.75 Å². The molecule has 0 aliphatic carbocycles. The van der Waals surface area contributed by atoms with Gasteiger partial charge in [0.25, 0.3) is 0 Å². The van der Waals surface area contributed by atoms with E-state index in [1.807, 2.05) is 31.2 Å². The van der Waals surface area contributed by atoms with E-state index in [9.17, 15) is 0 Å². The van der Waals surface area contributed by atoms with Crippen molar-refractivity contribution in [1.82, 2.24) is 0 Å². The van der Waals surface area contributed by atoms with E-state index in [4.69, 9.17) is 9.84 Å². The fourth-order valence-electron chi connectivity index (χ4n) is 0.858. The fraction of sp³-hybridized carbons (Fsp3) is 0.200. The molecule has 0 radical (unpaired) electrons. The maximum atomic E-state index is 8.43. The minimum atomic E-state index is 0.00577. The van der Waals surface area contributed by atoms with Gasteiger partial charge in [-0.3, -0.25) is 0 Å². The van der Waals surface area contributed by atoms with Crippen LogP contribution in [0, 0.1) is 6.92 Å². The van der Waals surface area contributed by atoms with Crippen LogP contribution in [0.15, 0.2) is 36.6 Å². The molecule has 12 heavy (non-hydrogen) atoms. The summed E-state index contributed by atoms with van der Waals surface area (Å²) in [6.45, 7) is 2.01. The molecule has 0 atom stereocenters. The zero-order valence-corrected chi connectivity index (χ0v) is 7.03. The summed E-state index contributed by atoms with van der Waals surface area (Å²) in [5, 5.41) is 8.43. The van der Waals surface area contributed by atoms with Crippen LogP contribution in [0.3, 0.4) is 0 Å². The number of hydrogen-bond donors (Lipinski definition) is 1. The summed E-state index contributed by atoms with van der Waals surface area (Å²) in [7, 11) is 0. The molecule has 0 aliphatic heterocycles. The highest BCUT2D eigenvalue weighted by atomic mass is 16.5. The van der Waals surface area contributed by atoms with Crippen LogP contribution >= 0.6 is 0 Å². The zero-order valence-electron chi connectivity index (χ0n) is 7.03. The van der Waals surface area contributed by atoms with E-state index < -0.39 is 0 Å². The highest BCUT2D eigenvalue weighted by Gasteiger charge is 1.89. The monoisotopic (exact) mass is 164 g/mol. The van der Waals surface area contributed by atoms with Crippen LogP contribution in [0.25, 0.3) is 0 Å². The minimum Gasteiger partial charge on any atom is -0.465 e. The van der Waals surface area contributed by atoms with E-state index in [1.54, 1.807) is 6.08 Å². The molecular weight excluding hydrogens is 152 g/mol. The molecule has 0 aliphatic rings. The number of ether oxygens (including phenoxy) is 1. The van der Waals surface area contributed by atoms with Crippen LogP contribution in [0.4, 0.5) is 0 Å². The molecule has 2 nitrogen and oxygen atoms in total. The van der Waals surface area contributed by atoms with Gasteiger partial charge in [0.2, 0.25) is 0 Å². The topological polar surface area (TPSA) is 29.5 Å². The molecule has 0 saturated heterocycles. The van der Waals surface area contributed by atoms with E-state index in [2.05, 4.69) is 0 Å². The first-order chi connectivity index (χ1) is 5.83. The maximum Gasteiger partial charge on any atom is 0.126 e. The van der Waals surface area contributed by atoms with E-state index in [-0.39, 0.29) is 6.61 Å². The summed E-state index contributed by atoms with van der Waals surface area (Å²) in [5.41, 5.74) is 1.16. The molecule has 2 heteroatoms. The first kappa shape index (κ1) is 8.81. The molecule has 1 N–H and O–H groups in total. The van der Waals surface area contributed by atoms with Crippen molar-refractivity contribution in [3.8, 4) is 5.75 Å². The van der Waals surface area contributed by atoms with Gasteiger partial charge < -0.3 is 9.84 Å². The molecule has 0 fully saturated rings. The Morgan fingerprint density at radius 2 is 2.33 bits per heavy atom. The third-order valence-corrected chi connectivity index (χ3v) is 1.40. The quantitative estimate of drug-likeness (QED) is 0.691. The zero-order chi connectivity index (χ0) is 8.81. The van der Waals surface area contributed by atoms with Gasteiger partial charge in [0.15, 0.2) is 0 Å². The lowest BCUT2D eigenvalue weighted by molar-refractivity contribution is 0.338. The van der Waals surface area contributed by atoms with Crippen LogP contribution in [0.2, 0.25) is 0 Å². The van der Waals surface area contributed by atoms with Crippen molar-refractivity contribution in [3.05, 3.63) is 42.2 Å². The summed E-state index contributed by atoms with van der Waals surface area (Å²) in [6, 6.07) is 7.73. The Labute approximate surface area is 72.1 Å². The van der Waals surface area contributed by atoms with E-state index in [0.717, 1.165) is 11.3 Å². The van der Waals surface area contributed by atoms with Gasteiger partial charge in [-0.1, -0.05) is 12.1 Å². The number of aliphatic hydroxyl groups is 1. The lowest BCUT2D eigenvalue weighted by Crippen LogP contribution is -1.83. The summed E-state index contributed by atoms with van der Waals surface area (Å²) in [4.78, 5) is 0. The summed E-state index contributed by atoms with van der Waals surface area (Å²) >= 11 is 0. The highest BCUT2D eigenvalue weighted by molar-refractivity contribution is 5.27. The first-order valence-electron chi connectivity index (χ1n) is 3.82. The molecular formula is C10H12O2. The van der Waals surface area contributed by atoms with Gasteiger partial charge in [-0.05, 0) is 30.7 Å². The molecule has 0 aromatic heterocycles. The largest absolute Gasteiger partial charge is 0.465 e. The predicted octanol–water partition coefficient (Wildman–Crippen LogP) is 1.88. The second kappa shape index (κ2) is 4.57. The third-order valence-electron chi connectivity index (χ3n) is 1.40. The average molecular weight is 164 g/mol. The SMILES string of the molecule is Cc1cccc(O/C=C/CO)c1. The van der Waals surface area contributed by atoms with Gasteiger partial charge in [-0.25, -0.2) is 0 Å².